The summed E-state index contributed by atoms with van der Waals surface area (Å²) in [5, 5.41) is 3.94. The SMILES string of the molecule is O=C([C@@H]1CNC[C@H]1c1ccccc1-c1ccc(Cl)nc1)N1CCOC[C@@H]1c1ccccc1. The first-order chi connectivity index (χ1) is 15.7. The number of carbonyl (C=O) groups is 1. The fourth-order valence-electron chi connectivity index (χ4n) is 4.92. The quantitative estimate of drug-likeness (QED) is 0.606. The molecule has 0 bridgehead atoms. The molecule has 2 aliphatic heterocycles. The Morgan fingerprint density at radius 2 is 1.84 bits per heavy atom. The van der Waals surface area contributed by atoms with Crippen LogP contribution in [0.15, 0.2) is 72.9 Å². The molecule has 164 valence electrons. The van der Waals surface area contributed by atoms with Crippen LogP contribution in [0.2, 0.25) is 5.15 Å². The van der Waals surface area contributed by atoms with Gasteiger partial charge >= 0.3 is 0 Å². The van der Waals surface area contributed by atoms with Crippen molar-refractivity contribution in [3.63, 3.8) is 0 Å². The van der Waals surface area contributed by atoms with E-state index in [9.17, 15) is 4.79 Å². The molecule has 0 spiro atoms. The number of amides is 1. The van der Waals surface area contributed by atoms with Gasteiger partial charge in [-0.15, -0.1) is 0 Å². The third-order valence-corrected chi connectivity index (χ3v) is 6.75. The lowest BCUT2D eigenvalue weighted by Crippen LogP contribution is -2.47. The summed E-state index contributed by atoms with van der Waals surface area (Å²) in [6, 6.07) is 22.2. The molecule has 1 amide bonds. The van der Waals surface area contributed by atoms with Gasteiger partial charge in [0.15, 0.2) is 0 Å². The van der Waals surface area contributed by atoms with Gasteiger partial charge in [0.2, 0.25) is 5.91 Å². The van der Waals surface area contributed by atoms with E-state index in [0.29, 0.717) is 31.5 Å². The predicted molar refractivity (Wildman–Crippen MR) is 125 cm³/mol. The lowest BCUT2D eigenvalue weighted by atomic mass is 9.83. The molecule has 6 heteroatoms. The first-order valence-corrected chi connectivity index (χ1v) is 11.4. The molecule has 3 atom stereocenters. The standard InChI is InChI=1S/C26H26ClN3O2/c27-25-11-10-19(14-29-25)20-8-4-5-9-21(20)22-15-28-16-23(22)26(31)30-12-13-32-17-24(30)18-6-2-1-3-7-18/h1-11,14,22-24,28H,12-13,15-17H2/t22-,23+,24+/m0/s1. The summed E-state index contributed by atoms with van der Waals surface area (Å²) < 4.78 is 5.75. The molecule has 1 N–H and O–H groups in total. The number of aromatic nitrogens is 1. The van der Waals surface area contributed by atoms with Crippen LogP contribution in [0, 0.1) is 5.92 Å². The molecule has 2 aliphatic rings. The molecule has 1 aromatic heterocycles. The fourth-order valence-corrected chi connectivity index (χ4v) is 5.03. The van der Waals surface area contributed by atoms with Gasteiger partial charge in [0.1, 0.15) is 5.15 Å². The van der Waals surface area contributed by atoms with Crippen LogP contribution in [0.5, 0.6) is 0 Å². The number of nitrogens with zero attached hydrogens (tertiary/aromatic N) is 2. The highest BCUT2D eigenvalue weighted by molar-refractivity contribution is 6.29. The Morgan fingerprint density at radius 1 is 1.03 bits per heavy atom. The third-order valence-electron chi connectivity index (χ3n) is 6.53. The highest BCUT2D eigenvalue weighted by Crippen LogP contribution is 2.38. The molecule has 0 unspecified atom stereocenters. The molecule has 3 aromatic rings. The number of pyridine rings is 1. The maximum absolute atomic E-state index is 13.9. The Morgan fingerprint density at radius 3 is 2.66 bits per heavy atom. The highest BCUT2D eigenvalue weighted by Gasteiger charge is 2.40. The van der Waals surface area contributed by atoms with Crippen LogP contribution >= 0.6 is 11.6 Å². The Balaban J connectivity index is 1.45. The van der Waals surface area contributed by atoms with E-state index in [1.165, 1.54) is 5.56 Å². The van der Waals surface area contributed by atoms with Crippen LogP contribution in [-0.2, 0) is 9.53 Å². The fraction of sp³-hybridized carbons (Fsp3) is 0.308. The number of hydrogen-bond donors (Lipinski definition) is 1. The summed E-state index contributed by atoms with van der Waals surface area (Å²) in [7, 11) is 0. The van der Waals surface area contributed by atoms with Crippen molar-refractivity contribution in [3.05, 3.63) is 89.2 Å². The van der Waals surface area contributed by atoms with Gasteiger partial charge in [-0.3, -0.25) is 4.79 Å². The zero-order chi connectivity index (χ0) is 21.9. The molecular formula is C26H26ClN3O2. The summed E-state index contributed by atoms with van der Waals surface area (Å²) in [5.74, 6) is 0.163. The molecule has 0 saturated carbocycles. The molecule has 0 aliphatic carbocycles. The van der Waals surface area contributed by atoms with Crippen molar-refractivity contribution in [2.45, 2.75) is 12.0 Å². The molecule has 5 rings (SSSR count). The normalized spacial score (nSPS) is 23.3. The van der Waals surface area contributed by atoms with Crippen molar-refractivity contribution in [1.82, 2.24) is 15.2 Å². The number of rotatable bonds is 4. The summed E-state index contributed by atoms with van der Waals surface area (Å²) in [6.45, 7) is 3.18. The van der Waals surface area contributed by atoms with Crippen LogP contribution in [0.25, 0.3) is 11.1 Å². The second-order valence-corrected chi connectivity index (χ2v) is 8.75. The highest BCUT2D eigenvalue weighted by atomic mass is 35.5. The smallest absolute Gasteiger partial charge is 0.228 e. The Bertz CT molecular complexity index is 1070. The number of benzene rings is 2. The average molecular weight is 448 g/mol. The van der Waals surface area contributed by atoms with Gasteiger partial charge in [0.25, 0.3) is 0 Å². The predicted octanol–water partition coefficient (Wildman–Crippen LogP) is 4.31. The largest absolute Gasteiger partial charge is 0.377 e. The van der Waals surface area contributed by atoms with E-state index in [4.69, 9.17) is 16.3 Å². The first kappa shape index (κ1) is 21.1. The second kappa shape index (κ2) is 9.41. The van der Waals surface area contributed by atoms with Crippen LogP contribution in [0.3, 0.4) is 0 Å². The minimum Gasteiger partial charge on any atom is -0.377 e. The summed E-state index contributed by atoms with van der Waals surface area (Å²) >= 11 is 6.00. The monoisotopic (exact) mass is 447 g/mol. The van der Waals surface area contributed by atoms with E-state index in [-0.39, 0.29) is 23.8 Å². The Kier molecular flexibility index (Phi) is 6.21. The number of halogens is 1. The number of hydrogen-bond acceptors (Lipinski definition) is 4. The van der Waals surface area contributed by atoms with Gasteiger partial charge in [-0.25, -0.2) is 4.98 Å². The van der Waals surface area contributed by atoms with Crippen molar-refractivity contribution in [1.29, 1.82) is 0 Å². The van der Waals surface area contributed by atoms with Crippen molar-refractivity contribution in [3.8, 4) is 11.1 Å². The summed E-state index contributed by atoms with van der Waals surface area (Å²) in [5.41, 5.74) is 4.40. The first-order valence-electron chi connectivity index (χ1n) is 11.1. The van der Waals surface area contributed by atoms with Crippen LogP contribution in [0.4, 0.5) is 0 Å². The lowest BCUT2D eigenvalue weighted by Gasteiger charge is -2.38. The molecule has 0 radical (unpaired) electrons. The topological polar surface area (TPSA) is 54.5 Å². The van der Waals surface area contributed by atoms with Crippen molar-refractivity contribution >= 4 is 17.5 Å². The van der Waals surface area contributed by atoms with Gasteiger partial charge in [0, 0.05) is 37.3 Å². The number of morpholine rings is 1. The molecule has 3 heterocycles. The van der Waals surface area contributed by atoms with Crippen LogP contribution in [0.1, 0.15) is 23.1 Å². The van der Waals surface area contributed by atoms with Gasteiger partial charge in [-0.1, -0.05) is 66.2 Å². The average Bonchev–Trinajstić information content (AvgIpc) is 3.34. The maximum atomic E-state index is 13.9. The van der Waals surface area contributed by atoms with E-state index in [1.54, 1.807) is 12.3 Å². The Hall–Kier alpha value is -2.73. The molecule has 2 saturated heterocycles. The zero-order valence-electron chi connectivity index (χ0n) is 17.8. The van der Waals surface area contributed by atoms with Gasteiger partial charge in [-0.05, 0) is 28.8 Å². The van der Waals surface area contributed by atoms with Crippen molar-refractivity contribution < 1.29 is 9.53 Å². The Labute approximate surface area is 193 Å². The molecular weight excluding hydrogens is 422 g/mol. The van der Waals surface area contributed by atoms with Gasteiger partial charge < -0.3 is 15.0 Å². The minimum absolute atomic E-state index is 0.0468. The molecule has 2 aromatic carbocycles. The summed E-state index contributed by atoms with van der Waals surface area (Å²) in [6.07, 6.45) is 1.80. The summed E-state index contributed by atoms with van der Waals surface area (Å²) in [4.78, 5) is 20.1. The molecule has 32 heavy (non-hydrogen) atoms. The number of ether oxygens (including phenoxy) is 1. The third kappa shape index (κ3) is 4.16. The zero-order valence-corrected chi connectivity index (χ0v) is 18.5. The van der Waals surface area contributed by atoms with E-state index in [0.717, 1.165) is 23.2 Å². The molecule has 5 nitrogen and oxygen atoms in total. The van der Waals surface area contributed by atoms with Crippen molar-refractivity contribution in [2.24, 2.45) is 5.92 Å². The number of nitrogens with one attached hydrogen (secondary N) is 1. The van der Waals surface area contributed by atoms with E-state index < -0.39 is 0 Å². The number of carbonyl (C=O) groups excluding carboxylic acids is 1. The van der Waals surface area contributed by atoms with Crippen LogP contribution < -0.4 is 5.32 Å². The van der Waals surface area contributed by atoms with Gasteiger partial charge in [-0.2, -0.15) is 0 Å². The van der Waals surface area contributed by atoms with Crippen LogP contribution in [-0.4, -0.2) is 48.6 Å². The minimum atomic E-state index is -0.124. The van der Waals surface area contributed by atoms with E-state index in [2.05, 4.69) is 34.6 Å². The second-order valence-electron chi connectivity index (χ2n) is 8.36. The van der Waals surface area contributed by atoms with E-state index >= 15 is 0 Å². The lowest BCUT2D eigenvalue weighted by molar-refractivity contribution is -0.144. The maximum Gasteiger partial charge on any atom is 0.228 e. The van der Waals surface area contributed by atoms with E-state index in [1.807, 2.05) is 41.3 Å². The van der Waals surface area contributed by atoms with Gasteiger partial charge in [0.05, 0.1) is 25.2 Å². The molecule has 2 fully saturated rings. The van der Waals surface area contributed by atoms with Crippen molar-refractivity contribution in [2.75, 3.05) is 32.8 Å².